The van der Waals surface area contributed by atoms with E-state index in [0.29, 0.717) is 28.7 Å². The first-order valence-electron chi connectivity index (χ1n) is 8.44. The number of halogens is 1. The molecule has 4 heterocycles. The van der Waals surface area contributed by atoms with E-state index < -0.39 is 5.54 Å². The van der Waals surface area contributed by atoms with Crippen LogP contribution in [0.4, 0.5) is 5.82 Å². The van der Waals surface area contributed by atoms with E-state index in [1.807, 2.05) is 0 Å². The minimum Gasteiger partial charge on any atom is -0.379 e. The van der Waals surface area contributed by atoms with Gasteiger partial charge in [-0.1, -0.05) is 23.4 Å². The van der Waals surface area contributed by atoms with Crippen LogP contribution >= 0.6 is 34.7 Å². The van der Waals surface area contributed by atoms with Gasteiger partial charge in [0, 0.05) is 30.2 Å². The van der Waals surface area contributed by atoms with Crippen LogP contribution in [-0.2, 0) is 17.3 Å². The Kier molecular flexibility index (Phi) is 4.91. The fraction of sp³-hybridized carbons (Fsp3) is 0.500. The Labute approximate surface area is 169 Å². The number of amidine groups is 1. The number of hydrogen-bond donors (Lipinski definition) is 2. The summed E-state index contributed by atoms with van der Waals surface area (Å²) in [5.74, 6) is 1.28. The number of ether oxygens (including phenoxy) is 1. The minimum absolute atomic E-state index is 0.186. The number of nitrogens with one attached hydrogen (secondary N) is 1. The van der Waals surface area contributed by atoms with Crippen molar-refractivity contribution in [2.24, 2.45) is 23.7 Å². The predicted octanol–water partition coefficient (Wildman–Crippen LogP) is 2.46. The molecule has 1 unspecified atom stereocenters. The van der Waals surface area contributed by atoms with Crippen molar-refractivity contribution < 1.29 is 9.53 Å². The van der Waals surface area contributed by atoms with Gasteiger partial charge in [-0.2, -0.15) is 5.10 Å². The van der Waals surface area contributed by atoms with Gasteiger partial charge in [0.05, 0.1) is 12.7 Å². The third kappa shape index (κ3) is 3.46. The number of thiazole rings is 1. The average Bonchev–Trinajstić information content (AvgIpc) is 3.23. The Morgan fingerprint density at radius 1 is 1.56 bits per heavy atom. The number of fused-ring (bicyclic) bond motifs is 1. The third-order valence-electron chi connectivity index (χ3n) is 4.79. The van der Waals surface area contributed by atoms with Gasteiger partial charge in [-0.05, 0) is 13.3 Å². The van der Waals surface area contributed by atoms with Crippen LogP contribution in [0.25, 0.3) is 0 Å². The summed E-state index contributed by atoms with van der Waals surface area (Å²) in [7, 11) is 1.67. The second kappa shape index (κ2) is 7.08. The summed E-state index contributed by atoms with van der Waals surface area (Å²) in [5.41, 5.74) is 5.68. The number of rotatable bonds is 3. The maximum atomic E-state index is 12.4. The van der Waals surface area contributed by atoms with Crippen molar-refractivity contribution in [3.63, 3.8) is 0 Å². The average molecular weight is 427 g/mol. The first kappa shape index (κ1) is 18.7. The van der Waals surface area contributed by atoms with E-state index in [9.17, 15) is 4.79 Å². The molecule has 11 heteroatoms. The molecule has 2 aromatic heterocycles. The van der Waals surface area contributed by atoms with Gasteiger partial charge in [0.25, 0.3) is 5.91 Å². The summed E-state index contributed by atoms with van der Waals surface area (Å²) in [4.78, 5) is 21.8. The quantitative estimate of drug-likeness (QED) is 0.780. The first-order valence-corrected chi connectivity index (χ1v) is 10.7. The SMILES string of the molecule is C[C@H]1C[C@H]2CSC(N)=NC2(c2nc(NC(=O)c3cc(Cl)n(C)n3)cs2)CO1. The van der Waals surface area contributed by atoms with Crippen LogP contribution in [0.2, 0.25) is 5.15 Å². The Balaban J connectivity index is 1.59. The van der Waals surface area contributed by atoms with Crippen LogP contribution in [0.5, 0.6) is 0 Å². The largest absolute Gasteiger partial charge is 0.379 e. The molecule has 8 nitrogen and oxygen atoms in total. The topological polar surface area (TPSA) is 107 Å². The molecule has 0 aliphatic carbocycles. The molecule has 2 aliphatic rings. The highest BCUT2D eigenvalue weighted by atomic mass is 35.5. The smallest absolute Gasteiger partial charge is 0.277 e. The van der Waals surface area contributed by atoms with Crippen molar-refractivity contribution in [1.82, 2.24) is 14.8 Å². The van der Waals surface area contributed by atoms with E-state index in [4.69, 9.17) is 27.1 Å². The van der Waals surface area contributed by atoms with Crippen molar-refractivity contribution in [3.05, 3.63) is 27.3 Å². The standard InChI is InChI=1S/C16H19ClN6O2S2/c1-8-3-9-5-27-15(18)21-16(9,7-25-8)14-20-12(6-26-14)19-13(24)10-4-11(17)23(2)22-10/h4,6,8-9H,3,5,7H2,1-2H3,(H2,18,21)(H,19,24)/t8-,9-,16?/m0/s1. The molecule has 1 fully saturated rings. The molecule has 2 aliphatic heterocycles. The number of aryl methyl sites for hydroxylation is 1. The fourth-order valence-electron chi connectivity index (χ4n) is 3.35. The molecule has 0 spiro atoms. The molecule has 3 N–H and O–H groups in total. The Bertz CT molecular complexity index is 893. The number of carbonyl (C=O) groups is 1. The maximum Gasteiger partial charge on any atom is 0.277 e. The van der Waals surface area contributed by atoms with Crippen molar-refractivity contribution in [2.45, 2.75) is 25.0 Å². The van der Waals surface area contributed by atoms with Gasteiger partial charge in [0.2, 0.25) is 0 Å². The highest BCUT2D eigenvalue weighted by Gasteiger charge is 2.49. The van der Waals surface area contributed by atoms with Crippen LogP contribution in [-0.4, -0.2) is 44.3 Å². The molecular formula is C16H19ClN6O2S2. The molecule has 1 saturated heterocycles. The van der Waals surface area contributed by atoms with E-state index in [1.165, 1.54) is 22.1 Å². The Morgan fingerprint density at radius 2 is 2.37 bits per heavy atom. The zero-order chi connectivity index (χ0) is 19.2. The lowest BCUT2D eigenvalue weighted by molar-refractivity contribution is -0.0466. The minimum atomic E-state index is -0.580. The number of carbonyl (C=O) groups excluding carboxylic acids is 1. The lowest BCUT2D eigenvalue weighted by Gasteiger charge is -2.44. The number of aromatic nitrogens is 3. The number of anilines is 1. The van der Waals surface area contributed by atoms with E-state index in [0.717, 1.165) is 17.2 Å². The third-order valence-corrected chi connectivity index (χ3v) is 7.11. The molecular weight excluding hydrogens is 408 g/mol. The second-order valence-corrected chi connectivity index (χ2v) is 8.99. The summed E-state index contributed by atoms with van der Waals surface area (Å²) in [6.45, 7) is 2.51. The molecule has 27 heavy (non-hydrogen) atoms. The van der Waals surface area contributed by atoms with Crippen LogP contribution in [0.1, 0.15) is 28.8 Å². The van der Waals surface area contributed by atoms with E-state index in [1.54, 1.807) is 24.2 Å². The van der Waals surface area contributed by atoms with Crippen LogP contribution in [0.15, 0.2) is 16.4 Å². The van der Waals surface area contributed by atoms with Crippen molar-refractivity contribution >= 4 is 51.6 Å². The van der Waals surface area contributed by atoms with E-state index in [2.05, 4.69) is 22.3 Å². The molecule has 1 amide bonds. The molecule has 0 saturated carbocycles. The van der Waals surface area contributed by atoms with Crippen LogP contribution in [0, 0.1) is 5.92 Å². The number of nitrogens with two attached hydrogens (primary N) is 1. The lowest BCUT2D eigenvalue weighted by atomic mass is 9.80. The van der Waals surface area contributed by atoms with Gasteiger partial charge in [0.15, 0.2) is 10.9 Å². The fourth-order valence-corrected chi connectivity index (χ4v) is 5.46. The molecule has 4 rings (SSSR count). The van der Waals surface area contributed by atoms with Gasteiger partial charge in [-0.25, -0.2) is 9.98 Å². The number of aliphatic imine (C=N–C) groups is 1. The maximum absolute atomic E-state index is 12.4. The zero-order valence-corrected chi connectivity index (χ0v) is 17.2. The highest BCUT2D eigenvalue weighted by Crippen LogP contribution is 2.47. The Hall–Kier alpha value is -1.62. The molecule has 0 aromatic carbocycles. The zero-order valence-electron chi connectivity index (χ0n) is 14.8. The van der Waals surface area contributed by atoms with Gasteiger partial charge in [0.1, 0.15) is 21.5 Å². The van der Waals surface area contributed by atoms with Crippen molar-refractivity contribution in [2.75, 3.05) is 17.7 Å². The monoisotopic (exact) mass is 426 g/mol. The Morgan fingerprint density at radius 3 is 3.11 bits per heavy atom. The number of nitrogens with zero attached hydrogens (tertiary/aromatic N) is 4. The van der Waals surface area contributed by atoms with Crippen molar-refractivity contribution in [1.29, 1.82) is 0 Å². The summed E-state index contributed by atoms with van der Waals surface area (Å²) in [6, 6.07) is 1.51. The second-order valence-electron chi connectivity index (χ2n) is 6.71. The van der Waals surface area contributed by atoms with E-state index >= 15 is 0 Å². The van der Waals surface area contributed by atoms with Crippen molar-refractivity contribution in [3.8, 4) is 0 Å². The summed E-state index contributed by atoms with van der Waals surface area (Å²) in [5, 5.41) is 10.4. The van der Waals surface area contributed by atoms with Gasteiger partial charge in [-0.15, -0.1) is 11.3 Å². The van der Waals surface area contributed by atoms with E-state index in [-0.39, 0.29) is 17.7 Å². The normalized spacial score (nSPS) is 27.7. The van der Waals surface area contributed by atoms with Crippen LogP contribution < -0.4 is 11.1 Å². The van der Waals surface area contributed by atoms with Gasteiger partial charge < -0.3 is 15.8 Å². The first-order chi connectivity index (χ1) is 12.9. The predicted molar refractivity (Wildman–Crippen MR) is 108 cm³/mol. The molecule has 0 bridgehead atoms. The van der Waals surface area contributed by atoms with Crippen LogP contribution in [0.3, 0.4) is 0 Å². The van der Waals surface area contributed by atoms with Gasteiger partial charge >= 0.3 is 0 Å². The molecule has 2 aromatic rings. The number of amides is 1. The molecule has 144 valence electrons. The summed E-state index contributed by atoms with van der Waals surface area (Å²) < 4.78 is 7.34. The number of hydrogen-bond acceptors (Lipinski definition) is 8. The van der Waals surface area contributed by atoms with Gasteiger partial charge in [-0.3, -0.25) is 9.48 Å². The lowest BCUT2D eigenvalue weighted by Crippen LogP contribution is -2.49. The number of thioether (sulfide) groups is 1. The summed E-state index contributed by atoms with van der Waals surface area (Å²) >= 11 is 8.97. The highest BCUT2D eigenvalue weighted by molar-refractivity contribution is 8.13. The molecule has 0 radical (unpaired) electrons. The molecule has 3 atom stereocenters. The summed E-state index contributed by atoms with van der Waals surface area (Å²) in [6.07, 6.45) is 1.09.